The highest BCUT2D eigenvalue weighted by Gasteiger charge is 2.78. The standard InChI is InChI=1S/C62H69N4O/c1-58(2,3)42-26-27-63-57(36-42)64-53-21-17-16-20-51(53)52-25-24-49(38-54(52)64)67-50-35-46(62(13,14)15)34-48(37-50)66-39-65(66,55-22-18-19-23-56(55)66)47-31-41(30-45(33-47)61(10,11)12)40-28-43(59(4,5)6)32-44(29-40)60(7,8)9/h16-39H,1-15H3/q+1/t65-,66?/m0/s1. The summed E-state index contributed by atoms with van der Waals surface area (Å²) in [5, 5.41) is 2.36. The summed E-state index contributed by atoms with van der Waals surface area (Å²) < 4.78 is 10.6. The normalized spacial score (nSPS) is 18.4. The van der Waals surface area contributed by atoms with Crippen LogP contribution in [0.1, 0.15) is 132 Å². The minimum atomic E-state index is -0.134. The van der Waals surface area contributed by atoms with Crippen LogP contribution in [-0.2, 0) is 27.1 Å². The number of hydrogen-bond acceptors (Lipinski definition) is 2. The van der Waals surface area contributed by atoms with Crippen LogP contribution in [0.25, 0.3) is 38.8 Å². The highest BCUT2D eigenvalue weighted by atomic mass is 16.5. The highest BCUT2D eigenvalue weighted by Crippen LogP contribution is 2.75. The van der Waals surface area contributed by atoms with Gasteiger partial charge in [0.25, 0.3) is 0 Å². The van der Waals surface area contributed by atoms with Crippen LogP contribution in [-0.4, -0.2) is 9.55 Å². The van der Waals surface area contributed by atoms with Gasteiger partial charge in [0, 0.05) is 59.4 Å². The molecule has 6 aromatic carbocycles. The van der Waals surface area contributed by atoms with Crippen LogP contribution >= 0.6 is 0 Å². The molecule has 2 atom stereocenters. The van der Waals surface area contributed by atoms with Crippen LogP contribution in [0, 0.1) is 6.67 Å². The number of ether oxygens (including phenoxy) is 1. The zero-order chi connectivity index (χ0) is 47.9. The number of aromatic nitrogens is 2. The van der Waals surface area contributed by atoms with Gasteiger partial charge in [-0.2, -0.15) is 9.18 Å². The molecule has 0 bridgehead atoms. The van der Waals surface area contributed by atoms with Crippen molar-refractivity contribution in [1.82, 2.24) is 18.7 Å². The summed E-state index contributed by atoms with van der Waals surface area (Å²) in [5.41, 5.74) is 16.1. The van der Waals surface area contributed by atoms with Gasteiger partial charge in [-0.3, -0.25) is 4.57 Å². The molecule has 0 aliphatic carbocycles. The van der Waals surface area contributed by atoms with E-state index in [1.807, 2.05) is 6.20 Å². The summed E-state index contributed by atoms with van der Waals surface area (Å²) in [6.45, 7) is 37.2. The number of nitrogens with zero attached hydrogens (tertiary/aromatic N) is 4. The van der Waals surface area contributed by atoms with Crippen LogP contribution < -0.4 is 13.9 Å². The maximum absolute atomic E-state index is 7.09. The number of pyridine rings is 1. The lowest BCUT2D eigenvalue weighted by Crippen LogP contribution is -2.46. The average Bonchev–Trinajstić information content (AvgIpc) is 3.75. The van der Waals surface area contributed by atoms with Crippen LogP contribution in [0.3, 0.4) is 0 Å². The van der Waals surface area contributed by atoms with Crippen molar-refractivity contribution in [2.75, 3.05) is 0 Å². The molecule has 342 valence electrons. The SMILES string of the molecule is CC(C)(C)c1cc(-c2cc(C(C)(C)C)cc([N@+]34[CH-][N+]3(c3cc(Oc5ccc6c7ccccc7n(-c7cc(C(C)(C)C)ccn7)c6c5)cc(C(C)(C)C)c3)c3ccccc34)c2)cc(C(C)(C)C)c1. The van der Waals surface area contributed by atoms with Gasteiger partial charge in [-0.05, 0) is 102 Å². The fourth-order valence-corrected chi connectivity index (χ4v) is 10.2. The molecule has 0 spiro atoms. The van der Waals surface area contributed by atoms with E-state index in [2.05, 4.69) is 249 Å². The zero-order valence-electron chi connectivity index (χ0n) is 42.6. The Morgan fingerprint density at radius 3 is 1.49 bits per heavy atom. The lowest BCUT2D eigenvalue weighted by Gasteiger charge is -2.40. The Morgan fingerprint density at radius 2 is 0.910 bits per heavy atom. The fourth-order valence-electron chi connectivity index (χ4n) is 10.2. The Labute approximate surface area is 399 Å². The molecule has 1 saturated heterocycles. The monoisotopic (exact) mass is 886 g/mol. The van der Waals surface area contributed by atoms with Gasteiger partial charge < -0.3 is 4.74 Å². The Kier molecular flexibility index (Phi) is 9.86. The van der Waals surface area contributed by atoms with Gasteiger partial charge in [-0.15, -0.1) is 0 Å². The smallest absolute Gasteiger partial charge is 0.225 e. The fraction of sp³-hybridized carbons (Fsp3) is 0.323. The lowest BCUT2D eigenvalue weighted by atomic mass is 9.78. The number of hydrogen-bond donors (Lipinski definition) is 0. The molecule has 4 heterocycles. The number of benzene rings is 6. The van der Waals surface area contributed by atoms with Crippen LogP contribution in [0.15, 0.2) is 140 Å². The topological polar surface area (TPSA) is 27.1 Å². The quantitative estimate of drug-likeness (QED) is 0.0945. The summed E-state index contributed by atoms with van der Waals surface area (Å²) in [7, 11) is 0. The number of quaternary nitrogens is 2. The van der Waals surface area contributed by atoms with Gasteiger partial charge in [-0.25, -0.2) is 4.98 Å². The molecule has 5 heteroatoms. The third kappa shape index (κ3) is 7.32. The molecular weight excluding hydrogens is 817 g/mol. The first-order valence-corrected chi connectivity index (χ1v) is 24.2. The number of fused-ring (bicyclic) bond motifs is 7. The van der Waals surface area contributed by atoms with Crippen molar-refractivity contribution in [2.45, 2.75) is 131 Å². The van der Waals surface area contributed by atoms with E-state index in [0.29, 0.717) is 9.18 Å². The highest BCUT2D eigenvalue weighted by molar-refractivity contribution is 6.09. The molecule has 2 aliphatic rings. The first-order chi connectivity index (χ1) is 31.3. The molecule has 0 amide bonds. The van der Waals surface area contributed by atoms with E-state index in [4.69, 9.17) is 9.72 Å². The van der Waals surface area contributed by atoms with Gasteiger partial charge in [-0.1, -0.05) is 158 Å². The van der Waals surface area contributed by atoms with Crippen molar-refractivity contribution in [1.29, 1.82) is 0 Å². The maximum Gasteiger partial charge on any atom is 0.225 e. The summed E-state index contributed by atoms with van der Waals surface area (Å²) in [4.78, 5) is 4.94. The Balaban J connectivity index is 1.12. The molecule has 0 saturated carbocycles. The summed E-state index contributed by atoms with van der Waals surface area (Å²) >= 11 is 0. The number of para-hydroxylation sites is 3. The molecule has 1 unspecified atom stereocenters. The molecule has 2 aliphatic heterocycles. The van der Waals surface area contributed by atoms with Crippen molar-refractivity contribution in [3.63, 3.8) is 0 Å². The van der Waals surface area contributed by atoms with Gasteiger partial charge >= 0.3 is 0 Å². The maximum atomic E-state index is 7.09. The van der Waals surface area contributed by atoms with Crippen LogP contribution in [0.4, 0.5) is 22.7 Å². The molecule has 1 fully saturated rings. The van der Waals surface area contributed by atoms with E-state index in [1.54, 1.807) is 0 Å². The van der Waals surface area contributed by atoms with Gasteiger partial charge in [0.15, 0.2) is 18.0 Å². The molecule has 0 N–H and O–H groups in total. The van der Waals surface area contributed by atoms with E-state index < -0.39 is 0 Å². The zero-order valence-corrected chi connectivity index (χ0v) is 42.6. The Hall–Kier alpha value is -6.01. The average molecular weight is 886 g/mol. The minimum Gasteiger partial charge on any atom is -0.457 e. The van der Waals surface area contributed by atoms with E-state index in [0.717, 1.165) is 28.4 Å². The summed E-state index contributed by atoms with van der Waals surface area (Å²) in [6.07, 6.45) is 1.94. The third-order valence-electron chi connectivity index (χ3n) is 14.4. The first-order valence-electron chi connectivity index (χ1n) is 24.2. The first kappa shape index (κ1) is 44.8. The summed E-state index contributed by atoms with van der Waals surface area (Å²) in [6, 6.07) is 50.2. The molecule has 8 aromatic rings. The van der Waals surface area contributed by atoms with Crippen molar-refractivity contribution in [2.24, 2.45) is 0 Å². The van der Waals surface area contributed by atoms with E-state index in [-0.39, 0.29) is 27.1 Å². The van der Waals surface area contributed by atoms with Gasteiger partial charge in [0.2, 0.25) is 11.4 Å². The summed E-state index contributed by atoms with van der Waals surface area (Å²) in [5.74, 6) is 2.52. The Morgan fingerprint density at radius 1 is 0.418 bits per heavy atom. The van der Waals surface area contributed by atoms with Crippen LogP contribution in [0.5, 0.6) is 11.5 Å². The van der Waals surface area contributed by atoms with Gasteiger partial charge in [0.1, 0.15) is 17.3 Å². The van der Waals surface area contributed by atoms with Crippen molar-refractivity contribution in [3.05, 3.63) is 174 Å². The molecule has 5 nitrogen and oxygen atoms in total. The minimum absolute atomic E-state index is 0.00966. The largest absolute Gasteiger partial charge is 0.457 e. The van der Waals surface area contributed by atoms with Crippen LogP contribution in [0.2, 0.25) is 0 Å². The lowest BCUT2D eigenvalue weighted by molar-refractivity contribution is 0.421. The third-order valence-corrected chi connectivity index (χ3v) is 14.4. The van der Waals surface area contributed by atoms with Crippen molar-refractivity contribution in [3.8, 4) is 28.4 Å². The van der Waals surface area contributed by atoms with E-state index in [9.17, 15) is 0 Å². The van der Waals surface area contributed by atoms with E-state index in [1.165, 1.54) is 72.5 Å². The van der Waals surface area contributed by atoms with Gasteiger partial charge in [0.05, 0.1) is 11.0 Å². The van der Waals surface area contributed by atoms with Crippen molar-refractivity contribution < 1.29 is 4.74 Å². The molecule has 67 heavy (non-hydrogen) atoms. The predicted octanol–water partition coefficient (Wildman–Crippen LogP) is 17.5. The molecule has 10 rings (SSSR count). The predicted molar refractivity (Wildman–Crippen MR) is 284 cm³/mol. The number of rotatable bonds is 6. The molecular formula is C62H69N4O+. The molecule has 2 aromatic heterocycles. The Bertz CT molecular complexity index is 3250. The van der Waals surface area contributed by atoms with E-state index >= 15 is 0 Å². The second kappa shape index (κ2) is 14.7. The second-order valence-electron chi connectivity index (χ2n) is 24.5. The van der Waals surface area contributed by atoms with Crippen molar-refractivity contribution >= 4 is 44.6 Å². The second-order valence-corrected chi connectivity index (χ2v) is 24.5. The molecule has 0 radical (unpaired) electrons.